The van der Waals surface area contributed by atoms with Crippen LogP contribution in [0.4, 0.5) is 11.6 Å². The lowest BCUT2D eigenvalue weighted by atomic mass is 10.3. The van der Waals surface area contributed by atoms with Gasteiger partial charge in [0.15, 0.2) is 0 Å². The summed E-state index contributed by atoms with van der Waals surface area (Å²) in [5, 5.41) is 14.5. The molecule has 1 aromatic rings. The SMILES string of the molecule is CCNc1cc(NC(C)C(=O)O)ncn1. The van der Waals surface area contributed by atoms with E-state index in [4.69, 9.17) is 5.11 Å². The first-order valence-corrected chi connectivity index (χ1v) is 4.68. The predicted molar refractivity (Wildman–Crippen MR) is 56.9 cm³/mol. The predicted octanol–water partition coefficient (Wildman–Crippen LogP) is 0.793. The summed E-state index contributed by atoms with van der Waals surface area (Å²) >= 11 is 0. The van der Waals surface area contributed by atoms with E-state index in [2.05, 4.69) is 20.6 Å². The van der Waals surface area contributed by atoms with E-state index in [0.29, 0.717) is 11.6 Å². The van der Waals surface area contributed by atoms with E-state index < -0.39 is 12.0 Å². The van der Waals surface area contributed by atoms with Gasteiger partial charge in [0, 0.05) is 12.6 Å². The van der Waals surface area contributed by atoms with Crippen molar-refractivity contribution < 1.29 is 9.90 Å². The first kappa shape index (κ1) is 11.2. The monoisotopic (exact) mass is 210 g/mol. The summed E-state index contributed by atoms with van der Waals surface area (Å²) in [6.07, 6.45) is 1.38. The fourth-order valence-corrected chi connectivity index (χ4v) is 0.998. The summed E-state index contributed by atoms with van der Waals surface area (Å²) in [6.45, 7) is 4.26. The number of aliphatic carboxylic acids is 1. The number of aromatic nitrogens is 2. The molecule has 0 aliphatic rings. The number of anilines is 2. The molecule has 1 atom stereocenters. The van der Waals surface area contributed by atoms with Crippen LogP contribution in [0.3, 0.4) is 0 Å². The van der Waals surface area contributed by atoms with Gasteiger partial charge >= 0.3 is 5.97 Å². The van der Waals surface area contributed by atoms with Crippen molar-refractivity contribution in [2.24, 2.45) is 0 Å². The van der Waals surface area contributed by atoms with Crippen LogP contribution in [0.5, 0.6) is 0 Å². The van der Waals surface area contributed by atoms with Gasteiger partial charge in [-0.25, -0.2) is 9.97 Å². The van der Waals surface area contributed by atoms with Crippen molar-refractivity contribution in [3.05, 3.63) is 12.4 Å². The zero-order valence-corrected chi connectivity index (χ0v) is 8.69. The van der Waals surface area contributed by atoms with Crippen LogP contribution in [-0.4, -0.2) is 33.6 Å². The van der Waals surface area contributed by atoms with Crippen LogP contribution in [0.15, 0.2) is 12.4 Å². The molecule has 0 aromatic carbocycles. The second kappa shape index (κ2) is 5.14. The Morgan fingerprint density at radius 2 is 2.20 bits per heavy atom. The molecule has 0 saturated heterocycles. The van der Waals surface area contributed by atoms with Crippen molar-refractivity contribution in [1.29, 1.82) is 0 Å². The summed E-state index contributed by atoms with van der Waals surface area (Å²) < 4.78 is 0. The molecule has 0 saturated carbocycles. The molecule has 1 heterocycles. The van der Waals surface area contributed by atoms with Gasteiger partial charge in [0.05, 0.1) is 0 Å². The van der Waals surface area contributed by atoms with E-state index in [9.17, 15) is 4.79 Å². The molecule has 0 spiro atoms. The third kappa shape index (κ3) is 3.41. The van der Waals surface area contributed by atoms with Crippen molar-refractivity contribution in [2.75, 3.05) is 17.2 Å². The molecule has 82 valence electrons. The van der Waals surface area contributed by atoms with E-state index >= 15 is 0 Å². The van der Waals surface area contributed by atoms with Crippen LogP contribution < -0.4 is 10.6 Å². The van der Waals surface area contributed by atoms with Gasteiger partial charge in [-0.05, 0) is 13.8 Å². The summed E-state index contributed by atoms with van der Waals surface area (Å²) in [5.74, 6) is 0.252. The average molecular weight is 210 g/mol. The van der Waals surface area contributed by atoms with Gasteiger partial charge in [-0.2, -0.15) is 0 Å². The number of carboxylic acid groups (broad SMARTS) is 1. The molecule has 0 radical (unpaired) electrons. The molecule has 0 fully saturated rings. The molecule has 15 heavy (non-hydrogen) atoms. The Balaban J connectivity index is 2.68. The summed E-state index contributed by atoms with van der Waals surface area (Å²) in [6, 6.07) is 0.998. The number of nitrogens with zero attached hydrogens (tertiary/aromatic N) is 2. The highest BCUT2D eigenvalue weighted by Gasteiger charge is 2.10. The molecule has 6 heteroatoms. The lowest BCUT2D eigenvalue weighted by Crippen LogP contribution is -2.25. The van der Waals surface area contributed by atoms with E-state index in [1.807, 2.05) is 6.92 Å². The maximum Gasteiger partial charge on any atom is 0.325 e. The zero-order chi connectivity index (χ0) is 11.3. The Bertz CT molecular complexity index is 343. The summed E-state index contributed by atoms with van der Waals surface area (Å²) in [5.41, 5.74) is 0. The zero-order valence-electron chi connectivity index (χ0n) is 8.69. The highest BCUT2D eigenvalue weighted by molar-refractivity contribution is 5.76. The highest BCUT2D eigenvalue weighted by Crippen LogP contribution is 2.09. The van der Waals surface area contributed by atoms with Crippen LogP contribution >= 0.6 is 0 Å². The highest BCUT2D eigenvalue weighted by atomic mass is 16.4. The van der Waals surface area contributed by atoms with E-state index in [1.54, 1.807) is 13.0 Å². The third-order valence-corrected chi connectivity index (χ3v) is 1.76. The Kier molecular flexibility index (Phi) is 3.84. The van der Waals surface area contributed by atoms with Gasteiger partial charge in [-0.3, -0.25) is 4.79 Å². The minimum absolute atomic E-state index is 0.496. The van der Waals surface area contributed by atoms with E-state index in [1.165, 1.54) is 6.33 Å². The van der Waals surface area contributed by atoms with Crippen LogP contribution in [0, 0.1) is 0 Å². The molecule has 1 rings (SSSR count). The first-order valence-electron chi connectivity index (χ1n) is 4.68. The van der Waals surface area contributed by atoms with Crippen LogP contribution in [0.1, 0.15) is 13.8 Å². The fraction of sp³-hybridized carbons (Fsp3) is 0.444. The number of carboxylic acids is 1. The smallest absolute Gasteiger partial charge is 0.325 e. The van der Waals surface area contributed by atoms with Gasteiger partial charge in [0.1, 0.15) is 24.0 Å². The van der Waals surface area contributed by atoms with Crippen molar-refractivity contribution >= 4 is 17.6 Å². The van der Waals surface area contributed by atoms with Crippen LogP contribution in [0.25, 0.3) is 0 Å². The quantitative estimate of drug-likeness (QED) is 0.666. The molecular formula is C9H14N4O2. The molecule has 1 unspecified atom stereocenters. The van der Waals surface area contributed by atoms with Gasteiger partial charge in [0.25, 0.3) is 0 Å². The number of rotatable bonds is 5. The minimum Gasteiger partial charge on any atom is -0.480 e. The third-order valence-electron chi connectivity index (χ3n) is 1.76. The van der Waals surface area contributed by atoms with Crippen molar-refractivity contribution in [3.63, 3.8) is 0 Å². The van der Waals surface area contributed by atoms with Crippen molar-refractivity contribution in [2.45, 2.75) is 19.9 Å². The Hall–Kier alpha value is -1.85. The topological polar surface area (TPSA) is 87.1 Å². The number of hydrogen-bond acceptors (Lipinski definition) is 5. The Morgan fingerprint density at radius 1 is 1.53 bits per heavy atom. The molecule has 6 nitrogen and oxygen atoms in total. The Morgan fingerprint density at radius 3 is 2.80 bits per heavy atom. The lowest BCUT2D eigenvalue weighted by Gasteiger charge is -2.10. The molecule has 0 aliphatic carbocycles. The van der Waals surface area contributed by atoms with Crippen LogP contribution in [-0.2, 0) is 4.79 Å². The van der Waals surface area contributed by atoms with Gasteiger partial charge in [-0.15, -0.1) is 0 Å². The van der Waals surface area contributed by atoms with E-state index in [0.717, 1.165) is 6.54 Å². The maximum absolute atomic E-state index is 10.6. The fourth-order valence-electron chi connectivity index (χ4n) is 0.998. The molecule has 0 bridgehead atoms. The molecule has 0 amide bonds. The largest absolute Gasteiger partial charge is 0.480 e. The van der Waals surface area contributed by atoms with Gasteiger partial charge in [0.2, 0.25) is 0 Å². The Labute approximate surface area is 87.8 Å². The van der Waals surface area contributed by atoms with Crippen LogP contribution in [0.2, 0.25) is 0 Å². The molecule has 1 aromatic heterocycles. The standard InChI is InChI=1S/C9H14N4O2/c1-3-10-7-4-8(12-5-11-7)13-6(2)9(14)15/h4-6H,3H2,1-2H3,(H,14,15)(H2,10,11,12,13). The van der Waals surface area contributed by atoms with E-state index in [-0.39, 0.29) is 0 Å². The molecule has 3 N–H and O–H groups in total. The van der Waals surface area contributed by atoms with Gasteiger partial charge < -0.3 is 15.7 Å². The van der Waals surface area contributed by atoms with Crippen molar-refractivity contribution in [3.8, 4) is 0 Å². The minimum atomic E-state index is -0.918. The molecular weight excluding hydrogens is 196 g/mol. The average Bonchev–Trinajstić information content (AvgIpc) is 2.18. The maximum atomic E-state index is 10.6. The number of hydrogen-bond donors (Lipinski definition) is 3. The summed E-state index contributed by atoms with van der Waals surface area (Å²) in [4.78, 5) is 18.5. The normalized spacial score (nSPS) is 11.9. The second-order valence-corrected chi connectivity index (χ2v) is 3.02. The van der Waals surface area contributed by atoms with Crippen molar-refractivity contribution in [1.82, 2.24) is 9.97 Å². The number of nitrogens with one attached hydrogen (secondary N) is 2. The first-order chi connectivity index (χ1) is 7.13. The second-order valence-electron chi connectivity index (χ2n) is 3.02. The lowest BCUT2D eigenvalue weighted by molar-refractivity contribution is -0.137. The number of carbonyl (C=O) groups is 1. The van der Waals surface area contributed by atoms with Gasteiger partial charge in [-0.1, -0.05) is 0 Å². The molecule has 0 aliphatic heterocycles. The summed E-state index contributed by atoms with van der Waals surface area (Å²) in [7, 11) is 0.